The summed E-state index contributed by atoms with van der Waals surface area (Å²) in [4.78, 5) is 11.2. The van der Waals surface area contributed by atoms with Crippen molar-refractivity contribution >= 4 is 12.0 Å². The van der Waals surface area contributed by atoms with Gasteiger partial charge in [0.15, 0.2) is 5.60 Å². The molecule has 0 saturated heterocycles. The standard InChI is InChI=1S/C14H9F6O3/c15-13(16,17)12(22,14(18,19)20)11(21)23-7-9-6-5-8-3-1-2-4-10(8)9/h1-6,9H,7H2/q-1. The molecule has 0 bridgehead atoms. The number of carbonyl (C=O) groups excluding carboxylic acids is 1. The predicted molar refractivity (Wildman–Crippen MR) is 64.0 cm³/mol. The molecule has 0 aromatic heterocycles. The fourth-order valence-electron chi connectivity index (χ4n) is 2.13. The van der Waals surface area contributed by atoms with Crippen LogP contribution >= 0.6 is 0 Å². The number of esters is 1. The van der Waals surface area contributed by atoms with Crippen molar-refractivity contribution in [1.29, 1.82) is 0 Å². The Balaban J connectivity index is 2.15. The van der Waals surface area contributed by atoms with Crippen LogP contribution in [0.4, 0.5) is 26.3 Å². The van der Waals surface area contributed by atoms with E-state index in [0.717, 1.165) is 0 Å². The van der Waals surface area contributed by atoms with Crippen LogP contribution < -0.4 is 5.11 Å². The van der Waals surface area contributed by atoms with Crippen molar-refractivity contribution in [2.24, 2.45) is 0 Å². The number of benzene rings is 1. The van der Waals surface area contributed by atoms with Crippen LogP contribution in [0.3, 0.4) is 0 Å². The van der Waals surface area contributed by atoms with Gasteiger partial charge in [0.1, 0.15) is 6.61 Å². The summed E-state index contributed by atoms with van der Waals surface area (Å²) in [6, 6.07) is 6.57. The number of hydrogen-bond donors (Lipinski definition) is 0. The normalized spacial score (nSPS) is 18.0. The Morgan fingerprint density at radius 1 is 1.09 bits per heavy atom. The van der Waals surface area contributed by atoms with Crippen molar-refractivity contribution in [3.05, 3.63) is 41.5 Å². The lowest BCUT2D eigenvalue weighted by Gasteiger charge is -2.40. The van der Waals surface area contributed by atoms with Gasteiger partial charge in [0.25, 0.3) is 0 Å². The van der Waals surface area contributed by atoms with Crippen LogP contribution in [0.25, 0.3) is 6.08 Å². The maximum absolute atomic E-state index is 12.4. The Bertz CT molecular complexity index is 618. The number of alkyl halides is 6. The van der Waals surface area contributed by atoms with E-state index in [9.17, 15) is 36.2 Å². The molecule has 1 aromatic carbocycles. The average molecular weight is 339 g/mol. The van der Waals surface area contributed by atoms with Crippen LogP contribution in [0.5, 0.6) is 0 Å². The van der Waals surface area contributed by atoms with Gasteiger partial charge < -0.3 is 9.84 Å². The third-order valence-corrected chi connectivity index (χ3v) is 3.38. The molecule has 9 heteroatoms. The summed E-state index contributed by atoms with van der Waals surface area (Å²) >= 11 is 0. The Hall–Kier alpha value is -2.03. The zero-order valence-electron chi connectivity index (χ0n) is 11.2. The molecule has 1 atom stereocenters. The molecule has 0 saturated carbocycles. The van der Waals surface area contributed by atoms with Gasteiger partial charge in [-0.2, -0.15) is 26.3 Å². The smallest absolute Gasteiger partial charge is 0.399 e. The molecule has 0 spiro atoms. The number of ether oxygens (including phenoxy) is 1. The molecule has 3 nitrogen and oxygen atoms in total. The van der Waals surface area contributed by atoms with Crippen LogP contribution in [-0.4, -0.2) is 30.5 Å². The van der Waals surface area contributed by atoms with Gasteiger partial charge in [-0.1, -0.05) is 36.4 Å². The van der Waals surface area contributed by atoms with Crippen LogP contribution in [0.15, 0.2) is 30.3 Å². The summed E-state index contributed by atoms with van der Waals surface area (Å²) in [5.74, 6) is -3.61. The molecule has 1 aliphatic rings. The van der Waals surface area contributed by atoms with E-state index in [-0.39, 0.29) is 0 Å². The van der Waals surface area contributed by atoms with Gasteiger partial charge in [-0.15, -0.1) is 0 Å². The van der Waals surface area contributed by atoms with Crippen molar-refractivity contribution in [3.8, 4) is 0 Å². The van der Waals surface area contributed by atoms with E-state index in [1.54, 1.807) is 30.3 Å². The topological polar surface area (TPSA) is 49.4 Å². The Labute approximate surface area is 126 Å². The first-order valence-electron chi connectivity index (χ1n) is 6.26. The lowest BCUT2D eigenvalue weighted by molar-refractivity contribution is -0.574. The van der Waals surface area contributed by atoms with Gasteiger partial charge in [0.2, 0.25) is 0 Å². The van der Waals surface area contributed by atoms with E-state index in [1.165, 1.54) is 6.08 Å². The minimum Gasteiger partial charge on any atom is -0.828 e. The fraction of sp³-hybridized carbons (Fsp3) is 0.357. The largest absolute Gasteiger partial charge is 0.828 e. The highest BCUT2D eigenvalue weighted by Gasteiger charge is 2.68. The first-order chi connectivity index (χ1) is 10.5. The van der Waals surface area contributed by atoms with E-state index in [0.29, 0.717) is 11.1 Å². The van der Waals surface area contributed by atoms with Crippen molar-refractivity contribution in [2.45, 2.75) is 23.9 Å². The molecule has 1 aliphatic carbocycles. The lowest BCUT2D eigenvalue weighted by Crippen LogP contribution is -2.71. The third-order valence-electron chi connectivity index (χ3n) is 3.38. The van der Waals surface area contributed by atoms with Gasteiger partial charge in [0.05, 0.1) is 0 Å². The van der Waals surface area contributed by atoms with E-state index in [4.69, 9.17) is 0 Å². The first kappa shape index (κ1) is 17.3. The van der Waals surface area contributed by atoms with Crippen molar-refractivity contribution in [3.63, 3.8) is 0 Å². The van der Waals surface area contributed by atoms with E-state index >= 15 is 0 Å². The van der Waals surface area contributed by atoms with Gasteiger partial charge in [-0.05, 0) is 11.1 Å². The molecule has 0 fully saturated rings. The van der Waals surface area contributed by atoms with Crippen LogP contribution in [-0.2, 0) is 9.53 Å². The van der Waals surface area contributed by atoms with Gasteiger partial charge in [-0.3, -0.25) is 4.79 Å². The molecule has 23 heavy (non-hydrogen) atoms. The quantitative estimate of drug-likeness (QED) is 0.628. The second-order valence-corrected chi connectivity index (χ2v) is 4.87. The minimum absolute atomic E-state index is 0.579. The maximum atomic E-state index is 12.4. The lowest BCUT2D eigenvalue weighted by atomic mass is 10.0. The van der Waals surface area contributed by atoms with E-state index in [2.05, 4.69) is 4.74 Å². The summed E-state index contributed by atoms with van der Waals surface area (Å²) in [6.07, 6.45) is -9.66. The molecular formula is C14H9F6O3-. The number of fused-ring (bicyclic) bond motifs is 1. The number of hydrogen-bond acceptors (Lipinski definition) is 3. The molecule has 0 N–H and O–H groups in total. The summed E-state index contributed by atoms with van der Waals surface area (Å²) in [7, 11) is 0. The van der Waals surface area contributed by atoms with E-state index < -0.39 is 36.4 Å². The highest BCUT2D eigenvalue weighted by Crippen LogP contribution is 2.42. The zero-order valence-corrected chi connectivity index (χ0v) is 11.2. The highest BCUT2D eigenvalue weighted by atomic mass is 19.4. The van der Waals surface area contributed by atoms with Gasteiger partial charge in [-0.25, -0.2) is 0 Å². The summed E-state index contributed by atoms with van der Waals surface area (Å²) in [5.41, 5.74) is -4.52. The maximum Gasteiger partial charge on any atom is 0.399 e. The molecular weight excluding hydrogens is 330 g/mol. The summed E-state index contributed by atoms with van der Waals surface area (Å²) in [5, 5.41) is 11.2. The summed E-state index contributed by atoms with van der Waals surface area (Å²) < 4.78 is 78.7. The van der Waals surface area contributed by atoms with E-state index in [1.807, 2.05) is 0 Å². The second kappa shape index (κ2) is 5.55. The van der Waals surface area contributed by atoms with Crippen LogP contribution in [0, 0.1) is 0 Å². The Kier molecular flexibility index (Phi) is 4.18. The monoisotopic (exact) mass is 339 g/mol. The second-order valence-electron chi connectivity index (χ2n) is 4.87. The van der Waals surface area contributed by atoms with Crippen molar-refractivity contribution < 1.29 is 41.0 Å². The molecule has 1 aromatic rings. The molecule has 126 valence electrons. The number of halogens is 6. The Morgan fingerprint density at radius 3 is 2.22 bits per heavy atom. The van der Waals surface area contributed by atoms with Gasteiger partial charge >= 0.3 is 18.3 Å². The highest BCUT2D eigenvalue weighted by molar-refractivity contribution is 5.81. The molecule has 1 unspecified atom stereocenters. The Morgan fingerprint density at radius 2 is 1.65 bits per heavy atom. The third kappa shape index (κ3) is 2.92. The average Bonchev–Trinajstić information content (AvgIpc) is 2.84. The van der Waals surface area contributed by atoms with Gasteiger partial charge in [0, 0.05) is 5.92 Å². The predicted octanol–water partition coefficient (Wildman–Crippen LogP) is 2.56. The summed E-state index contributed by atoms with van der Waals surface area (Å²) in [6.45, 7) is -0.789. The molecule has 0 aliphatic heterocycles. The molecule has 0 radical (unpaired) electrons. The number of rotatable bonds is 3. The van der Waals surface area contributed by atoms with Crippen molar-refractivity contribution in [2.75, 3.05) is 6.61 Å². The van der Waals surface area contributed by atoms with Crippen molar-refractivity contribution in [1.82, 2.24) is 0 Å². The number of carbonyl (C=O) groups is 1. The van der Waals surface area contributed by atoms with Crippen LogP contribution in [0.1, 0.15) is 17.0 Å². The fourth-order valence-corrected chi connectivity index (χ4v) is 2.13. The first-order valence-corrected chi connectivity index (χ1v) is 6.26. The molecule has 0 heterocycles. The zero-order chi connectivity index (χ0) is 17.5. The molecule has 0 amide bonds. The molecule has 2 rings (SSSR count). The minimum atomic E-state index is -6.36. The SMILES string of the molecule is O=C(OCC1C=Cc2ccccc21)C([O-])(C(F)(F)F)C(F)(F)F. The van der Waals surface area contributed by atoms with Crippen LogP contribution in [0.2, 0.25) is 0 Å².